The molecular formula is C7H14Cl3P. The molecule has 0 N–H and O–H groups in total. The zero-order valence-electron chi connectivity index (χ0n) is 6.69. The van der Waals surface area contributed by atoms with E-state index < -0.39 is 6.63 Å². The van der Waals surface area contributed by atoms with Crippen molar-refractivity contribution in [2.45, 2.75) is 38.0 Å². The molecule has 0 aliphatic heterocycles. The fourth-order valence-corrected chi connectivity index (χ4v) is 3.33. The van der Waals surface area contributed by atoms with Crippen LogP contribution in [0, 0.1) is 0 Å². The van der Waals surface area contributed by atoms with Crippen molar-refractivity contribution in [1.29, 1.82) is 0 Å². The normalized spacial score (nSPS) is 13.9. The Bertz CT molecular complexity index is 87.8. The van der Waals surface area contributed by atoms with E-state index in [1.807, 2.05) is 0 Å². The zero-order valence-corrected chi connectivity index (χ0v) is 9.86. The Morgan fingerprint density at radius 2 is 1.91 bits per heavy atom. The van der Waals surface area contributed by atoms with E-state index in [0.29, 0.717) is 0 Å². The van der Waals surface area contributed by atoms with Gasteiger partial charge in [-0.2, -0.15) is 0 Å². The maximum atomic E-state index is 5.96. The van der Waals surface area contributed by atoms with Gasteiger partial charge in [-0.3, -0.25) is 0 Å². The lowest BCUT2D eigenvalue weighted by atomic mass is 10.2. The van der Waals surface area contributed by atoms with Gasteiger partial charge in [0.2, 0.25) is 0 Å². The third kappa shape index (κ3) is 9.21. The molecule has 1 atom stereocenters. The molecule has 0 amide bonds. The van der Waals surface area contributed by atoms with Gasteiger partial charge in [-0.1, -0.05) is 48.7 Å². The lowest BCUT2D eigenvalue weighted by molar-refractivity contribution is 0.663. The Kier molecular flexibility index (Phi) is 8.86. The van der Waals surface area contributed by atoms with E-state index in [4.69, 9.17) is 34.1 Å². The smallest absolute Gasteiger partial charge is 0.0869 e. The first kappa shape index (κ1) is 12.3. The van der Waals surface area contributed by atoms with Crippen LogP contribution in [0.3, 0.4) is 0 Å². The molecule has 0 nitrogen and oxygen atoms in total. The highest BCUT2D eigenvalue weighted by molar-refractivity contribution is 8.04. The molecule has 0 fully saturated rings. The minimum absolute atomic E-state index is 0.183. The van der Waals surface area contributed by atoms with Crippen LogP contribution in [0.1, 0.15) is 32.6 Å². The topological polar surface area (TPSA) is 0 Å². The summed E-state index contributed by atoms with van der Waals surface area (Å²) in [6.07, 6.45) is 5.50. The van der Waals surface area contributed by atoms with Crippen LogP contribution in [-0.2, 0) is 0 Å². The van der Waals surface area contributed by atoms with Gasteiger partial charge >= 0.3 is 0 Å². The minimum Gasteiger partial charge on any atom is -0.123 e. The van der Waals surface area contributed by atoms with Crippen LogP contribution in [0.5, 0.6) is 0 Å². The van der Waals surface area contributed by atoms with E-state index in [0.717, 1.165) is 12.6 Å². The number of unbranched alkanes of at least 4 members (excludes halogenated alkanes) is 2. The molecule has 1 unspecified atom stereocenters. The second kappa shape index (κ2) is 7.92. The summed E-state index contributed by atoms with van der Waals surface area (Å²) < 4.78 is 0. The molecule has 11 heavy (non-hydrogen) atoms. The molecule has 0 radical (unpaired) electrons. The fourth-order valence-electron chi connectivity index (χ4n) is 0.857. The predicted molar refractivity (Wildman–Crippen MR) is 57.3 cm³/mol. The molecule has 0 aliphatic rings. The van der Waals surface area contributed by atoms with Gasteiger partial charge in [0.05, 0.1) is 6.63 Å². The average Bonchev–Trinajstić information content (AvgIpc) is 1.86. The summed E-state index contributed by atoms with van der Waals surface area (Å²) in [4.78, 5) is 0. The van der Waals surface area contributed by atoms with Crippen molar-refractivity contribution in [1.82, 2.24) is 0 Å². The van der Waals surface area contributed by atoms with Gasteiger partial charge < -0.3 is 0 Å². The van der Waals surface area contributed by atoms with Gasteiger partial charge in [0.15, 0.2) is 0 Å². The number of hydrogen-bond donors (Lipinski definition) is 0. The maximum absolute atomic E-state index is 5.96. The van der Waals surface area contributed by atoms with Crippen LogP contribution >= 0.6 is 40.7 Å². The first-order valence-corrected chi connectivity index (χ1v) is 7.67. The van der Waals surface area contributed by atoms with Crippen LogP contribution in [0.2, 0.25) is 0 Å². The van der Waals surface area contributed by atoms with Crippen LogP contribution in [0.15, 0.2) is 0 Å². The molecule has 0 rings (SSSR count). The van der Waals surface area contributed by atoms with Gasteiger partial charge in [0.1, 0.15) is 0 Å². The van der Waals surface area contributed by atoms with Gasteiger partial charge in [0.25, 0.3) is 0 Å². The van der Waals surface area contributed by atoms with E-state index in [1.165, 1.54) is 19.3 Å². The highest BCUT2D eigenvalue weighted by Gasteiger charge is 2.08. The molecule has 0 saturated heterocycles. The van der Waals surface area contributed by atoms with Crippen molar-refractivity contribution in [3.8, 4) is 0 Å². The molecule has 0 aliphatic carbocycles. The van der Waals surface area contributed by atoms with Crippen LogP contribution < -0.4 is 0 Å². The molecule has 0 aromatic heterocycles. The van der Waals surface area contributed by atoms with Crippen molar-refractivity contribution in [3.63, 3.8) is 0 Å². The lowest BCUT2D eigenvalue weighted by Crippen LogP contribution is -2.00. The van der Waals surface area contributed by atoms with Crippen LogP contribution in [-0.4, -0.2) is 11.5 Å². The Hall–Kier alpha value is 1.30. The Balaban J connectivity index is 3.15. The van der Waals surface area contributed by atoms with Crippen molar-refractivity contribution in [2.75, 3.05) is 6.16 Å². The number of hydrogen-bond acceptors (Lipinski definition) is 0. The van der Waals surface area contributed by atoms with E-state index in [1.54, 1.807) is 0 Å². The van der Waals surface area contributed by atoms with Crippen molar-refractivity contribution in [3.05, 3.63) is 0 Å². The van der Waals surface area contributed by atoms with Gasteiger partial charge in [-0.05, 0) is 6.42 Å². The van der Waals surface area contributed by atoms with Crippen molar-refractivity contribution >= 4 is 40.7 Å². The van der Waals surface area contributed by atoms with Gasteiger partial charge in [-0.15, -0.1) is 11.6 Å². The Morgan fingerprint density at radius 1 is 1.27 bits per heavy atom. The molecular weight excluding hydrogens is 221 g/mol. The monoisotopic (exact) mass is 234 g/mol. The number of alkyl halides is 1. The second-order valence-electron chi connectivity index (χ2n) is 2.58. The third-order valence-electron chi connectivity index (χ3n) is 1.46. The fraction of sp³-hybridized carbons (Fsp3) is 1.00. The molecule has 68 valence electrons. The summed E-state index contributed by atoms with van der Waals surface area (Å²) in [6.45, 7) is 1.33. The predicted octanol–water partition coefficient (Wildman–Crippen LogP) is 4.96. The average molecular weight is 236 g/mol. The first-order chi connectivity index (χ1) is 5.16. The van der Waals surface area contributed by atoms with Crippen molar-refractivity contribution < 1.29 is 0 Å². The summed E-state index contributed by atoms with van der Waals surface area (Å²) in [5, 5.41) is 0.183. The Morgan fingerprint density at radius 3 is 2.36 bits per heavy atom. The second-order valence-corrected chi connectivity index (χ2v) is 7.13. The number of halogens is 3. The minimum atomic E-state index is -0.848. The van der Waals surface area contributed by atoms with Crippen molar-refractivity contribution in [2.24, 2.45) is 0 Å². The highest BCUT2D eigenvalue weighted by Crippen LogP contribution is 2.48. The van der Waals surface area contributed by atoms with E-state index in [2.05, 4.69) is 6.92 Å². The van der Waals surface area contributed by atoms with Crippen LogP contribution in [0.25, 0.3) is 0 Å². The van der Waals surface area contributed by atoms with Crippen LogP contribution in [0.4, 0.5) is 0 Å². The maximum Gasteiger partial charge on any atom is 0.0869 e. The largest absolute Gasteiger partial charge is 0.123 e. The van der Waals surface area contributed by atoms with Gasteiger partial charge in [-0.25, -0.2) is 0 Å². The first-order valence-electron chi connectivity index (χ1n) is 3.90. The molecule has 0 saturated carbocycles. The molecule has 4 heteroatoms. The highest BCUT2D eigenvalue weighted by atomic mass is 35.9. The van der Waals surface area contributed by atoms with Gasteiger partial charge in [0, 0.05) is 11.5 Å². The SMILES string of the molecule is CCCCCC(Cl)CP(Cl)Cl. The quantitative estimate of drug-likeness (QED) is 0.347. The molecule has 0 aromatic carbocycles. The molecule has 0 heterocycles. The number of rotatable bonds is 6. The van der Waals surface area contributed by atoms with E-state index >= 15 is 0 Å². The van der Waals surface area contributed by atoms with E-state index in [-0.39, 0.29) is 5.38 Å². The van der Waals surface area contributed by atoms with E-state index in [9.17, 15) is 0 Å². The summed E-state index contributed by atoms with van der Waals surface area (Å²) >= 11 is 17.2. The standard InChI is InChI=1S/C7H14Cl3P/c1-2-3-4-5-7(8)6-11(9)10/h7H,2-6H2,1H3. The molecule has 0 aromatic rings. The lowest BCUT2D eigenvalue weighted by Gasteiger charge is -2.08. The zero-order chi connectivity index (χ0) is 8.69. The summed E-state index contributed by atoms with van der Waals surface area (Å²) in [5.74, 6) is 0. The Labute approximate surface area is 84.9 Å². The molecule has 0 bridgehead atoms. The summed E-state index contributed by atoms with van der Waals surface area (Å²) in [7, 11) is 0. The third-order valence-corrected chi connectivity index (χ3v) is 3.59. The summed E-state index contributed by atoms with van der Waals surface area (Å²) in [6, 6.07) is 0. The molecule has 0 spiro atoms. The summed E-state index contributed by atoms with van der Waals surface area (Å²) in [5.41, 5.74) is 0.